The van der Waals surface area contributed by atoms with Crippen molar-refractivity contribution in [3.8, 4) is 6.07 Å². The molecule has 0 aliphatic rings. The first-order chi connectivity index (χ1) is 6.36. The zero-order valence-corrected chi connectivity index (χ0v) is 7.21. The fraction of sp³-hybridized carbons (Fsp3) is 0. The summed E-state index contributed by atoms with van der Waals surface area (Å²) in [4.78, 5) is 10.6. The van der Waals surface area contributed by atoms with E-state index in [9.17, 15) is 4.79 Å². The number of carbonyl (C=O) groups is 1. The number of nitriles is 1. The summed E-state index contributed by atoms with van der Waals surface area (Å²) in [5.74, 6) is 0. The van der Waals surface area contributed by atoms with E-state index in [1.54, 1.807) is 12.1 Å². The van der Waals surface area contributed by atoms with Gasteiger partial charge in [0, 0.05) is 5.56 Å². The van der Waals surface area contributed by atoms with E-state index in [1.807, 2.05) is 6.07 Å². The van der Waals surface area contributed by atoms with Crippen molar-refractivity contribution < 1.29 is 4.79 Å². The van der Waals surface area contributed by atoms with Gasteiger partial charge in [0.2, 0.25) is 0 Å². The maximum Gasteiger partial charge on any atom is 0.152 e. The van der Waals surface area contributed by atoms with Gasteiger partial charge in [0.1, 0.15) is 17.1 Å². The van der Waals surface area contributed by atoms with E-state index in [4.69, 9.17) is 5.26 Å². The van der Waals surface area contributed by atoms with Crippen molar-refractivity contribution in [1.29, 1.82) is 5.26 Å². The number of carbonyl (C=O) groups excluding carboxylic acids is 1. The van der Waals surface area contributed by atoms with Gasteiger partial charge >= 0.3 is 0 Å². The minimum Gasteiger partial charge on any atom is -0.298 e. The van der Waals surface area contributed by atoms with E-state index in [0.29, 0.717) is 28.4 Å². The molecule has 4 nitrogen and oxygen atoms in total. The van der Waals surface area contributed by atoms with E-state index in [2.05, 4.69) is 8.75 Å². The van der Waals surface area contributed by atoms with Crippen molar-refractivity contribution in [3.63, 3.8) is 0 Å². The molecule has 2 rings (SSSR count). The fourth-order valence-electron chi connectivity index (χ4n) is 1.07. The van der Waals surface area contributed by atoms with Crippen LogP contribution < -0.4 is 0 Å². The Hall–Kier alpha value is -1.80. The molecular formula is C8H3N3OS. The Balaban J connectivity index is 2.91. The molecule has 0 N–H and O–H groups in total. The molecule has 0 bridgehead atoms. The lowest BCUT2D eigenvalue weighted by atomic mass is 10.1. The average Bonchev–Trinajstić information content (AvgIpc) is 2.64. The highest BCUT2D eigenvalue weighted by Crippen LogP contribution is 2.18. The molecule has 1 aromatic heterocycles. The van der Waals surface area contributed by atoms with E-state index in [1.165, 1.54) is 0 Å². The third-order valence-electron chi connectivity index (χ3n) is 1.69. The number of benzene rings is 1. The Morgan fingerprint density at radius 2 is 2.15 bits per heavy atom. The van der Waals surface area contributed by atoms with Crippen LogP contribution in [0.2, 0.25) is 0 Å². The zero-order chi connectivity index (χ0) is 9.26. The summed E-state index contributed by atoms with van der Waals surface area (Å²) in [7, 11) is 0. The Kier molecular flexibility index (Phi) is 1.76. The van der Waals surface area contributed by atoms with Crippen LogP contribution in [0, 0.1) is 11.3 Å². The van der Waals surface area contributed by atoms with Crippen molar-refractivity contribution in [3.05, 3.63) is 23.3 Å². The van der Waals surface area contributed by atoms with Gasteiger partial charge in [-0.2, -0.15) is 14.0 Å². The predicted octanol–water partition coefficient (Wildman–Crippen LogP) is 1.38. The average molecular weight is 189 g/mol. The lowest BCUT2D eigenvalue weighted by Crippen LogP contribution is -1.85. The molecule has 0 atom stereocenters. The van der Waals surface area contributed by atoms with Gasteiger partial charge in [0.05, 0.1) is 17.3 Å². The van der Waals surface area contributed by atoms with Crippen molar-refractivity contribution in [2.45, 2.75) is 0 Å². The molecule has 0 amide bonds. The molecule has 0 unspecified atom stereocenters. The molecule has 0 aliphatic heterocycles. The van der Waals surface area contributed by atoms with E-state index >= 15 is 0 Å². The predicted molar refractivity (Wildman–Crippen MR) is 47.5 cm³/mol. The van der Waals surface area contributed by atoms with Crippen LogP contribution in [0.4, 0.5) is 0 Å². The molecule has 0 aliphatic carbocycles. The second kappa shape index (κ2) is 2.92. The summed E-state index contributed by atoms with van der Waals surface area (Å²) < 4.78 is 7.89. The molecule has 0 fully saturated rings. The SMILES string of the molecule is N#Cc1ccc(C=O)c2nsnc12. The van der Waals surface area contributed by atoms with Gasteiger partial charge in [-0.3, -0.25) is 4.79 Å². The minimum atomic E-state index is 0.453. The monoisotopic (exact) mass is 189 g/mol. The molecule has 5 heteroatoms. The molecular weight excluding hydrogens is 186 g/mol. The molecule has 0 radical (unpaired) electrons. The third-order valence-corrected chi connectivity index (χ3v) is 2.22. The van der Waals surface area contributed by atoms with Gasteiger partial charge in [0.15, 0.2) is 6.29 Å². The topological polar surface area (TPSA) is 66.6 Å². The minimum absolute atomic E-state index is 0.453. The highest BCUT2D eigenvalue weighted by atomic mass is 32.1. The molecule has 1 heterocycles. The Morgan fingerprint density at radius 3 is 2.85 bits per heavy atom. The maximum absolute atomic E-state index is 10.6. The first-order valence-corrected chi connectivity index (χ1v) is 4.20. The fourth-order valence-corrected chi connectivity index (χ4v) is 1.65. The number of rotatable bonds is 1. The van der Waals surface area contributed by atoms with Crippen LogP contribution in [0.1, 0.15) is 15.9 Å². The first-order valence-electron chi connectivity index (χ1n) is 3.47. The molecule has 1 aromatic carbocycles. The van der Waals surface area contributed by atoms with Crippen molar-refractivity contribution in [1.82, 2.24) is 8.75 Å². The quantitative estimate of drug-likeness (QED) is 0.635. The molecule has 2 aromatic rings. The van der Waals surface area contributed by atoms with Crippen LogP contribution in [-0.4, -0.2) is 15.0 Å². The second-order valence-electron chi connectivity index (χ2n) is 2.39. The Labute approximate surface area is 77.8 Å². The van der Waals surface area contributed by atoms with Crippen LogP contribution in [0.3, 0.4) is 0 Å². The Morgan fingerprint density at radius 1 is 1.38 bits per heavy atom. The number of nitrogens with zero attached hydrogens (tertiary/aromatic N) is 3. The van der Waals surface area contributed by atoms with E-state index in [-0.39, 0.29) is 0 Å². The van der Waals surface area contributed by atoms with Gasteiger partial charge in [0.25, 0.3) is 0 Å². The van der Waals surface area contributed by atoms with Crippen molar-refractivity contribution in [2.75, 3.05) is 0 Å². The van der Waals surface area contributed by atoms with Gasteiger partial charge < -0.3 is 0 Å². The van der Waals surface area contributed by atoms with Crippen molar-refractivity contribution >= 4 is 29.0 Å². The smallest absolute Gasteiger partial charge is 0.152 e. The number of aromatic nitrogens is 2. The number of fused-ring (bicyclic) bond motifs is 1. The molecule has 0 saturated carbocycles. The summed E-state index contributed by atoms with van der Waals surface area (Å²) in [5, 5.41) is 8.72. The number of hydrogen-bond acceptors (Lipinski definition) is 5. The number of aldehydes is 1. The van der Waals surface area contributed by atoms with Crippen molar-refractivity contribution in [2.24, 2.45) is 0 Å². The standard InChI is InChI=1S/C8H3N3OS/c9-3-5-1-2-6(4-12)8-7(5)10-13-11-8/h1-2,4H. The van der Waals surface area contributed by atoms with Crippen LogP contribution in [0.5, 0.6) is 0 Å². The molecule has 0 spiro atoms. The summed E-state index contributed by atoms with van der Waals surface area (Å²) >= 11 is 1.00. The zero-order valence-electron chi connectivity index (χ0n) is 6.39. The van der Waals surface area contributed by atoms with E-state index in [0.717, 1.165) is 11.7 Å². The van der Waals surface area contributed by atoms with E-state index < -0.39 is 0 Å². The first kappa shape index (κ1) is 7.83. The van der Waals surface area contributed by atoms with Crippen LogP contribution in [0.15, 0.2) is 12.1 Å². The molecule has 0 saturated heterocycles. The van der Waals surface area contributed by atoms with Crippen LogP contribution >= 0.6 is 11.7 Å². The summed E-state index contributed by atoms with van der Waals surface area (Å²) in [6.45, 7) is 0. The third kappa shape index (κ3) is 1.08. The summed E-state index contributed by atoms with van der Waals surface area (Å²) in [6.07, 6.45) is 0.713. The van der Waals surface area contributed by atoms with Crippen LogP contribution in [-0.2, 0) is 0 Å². The Bertz CT molecular complexity index is 512. The van der Waals surface area contributed by atoms with Gasteiger partial charge in [-0.1, -0.05) is 0 Å². The van der Waals surface area contributed by atoms with Gasteiger partial charge in [-0.15, -0.1) is 0 Å². The normalized spacial score (nSPS) is 9.77. The number of hydrogen-bond donors (Lipinski definition) is 0. The van der Waals surface area contributed by atoms with Crippen LogP contribution in [0.25, 0.3) is 11.0 Å². The highest BCUT2D eigenvalue weighted by Gasteiger charge is 2.08. The maximum atomic E-state index is 10.6. The lowest BCUT2D eigenvalue weighted by Gasteiger charge is -1.92. The van der Waals surface area contributed by atoms with Gasteiger partial charge in [-0.05, 0) is 12.1 Å². The molecule has 13 heavy (non-hydrogen) atoms. The summed E-state index contributed by atoms with van der Waals surface area (Å²) in [5.41, 5.74) is 1.95. The highest BCUT2D eigenvalue weighted by molar-refractivity contribution is 7.00. The largest absolute Gasteiger partial charge is 0.298 e. The summed E-state index contributed by atoms with van der Waals surface area (Å²) in [6, 6.07) is 5.15. The second-order valence-corrected chi connectivity index (χ2v) is 2.92. The molecule has 62 valence electrons. The lowest BCUT2D eigenvalue weighted by molar-refractivity contribution is 0.112. The van der Waals surface area contributed by atoms with Gasteiger partial charge in [-0.25, -0.2) is 0 Å².